The van der Waals surface area contributed by atoms with E-state index in [-0.39, 0.29) is 12.1 Å². The zero-order chi connectivity index (χ0) is 14.4. The van der Waals surface area contributed by atoms with Crippen LogP contribution in [-0.4, -0.2) is 17.3 Å². The molecule has 0 bridgehead atoms. The Labute approximate surface area is 121 Å². The minimum atomic E-state index is -0.308. The summed E-state index contributed by atoms with van der Waals surface area (Å²) >= 11 is 0. The van der Waals surface area contributed by atoms with Crippen molar-refractivity contribution in [3.8, 4) is 0 Å². The van der Waals surface area contributed by atoms with Crippen LogP contribution in [0.5, 0.6) is 0 Å². The fourth-order valence-electron chi connectivity index (χ4n) is 2.62. The number of hydrogen-bond acceptors (Lipinski definition) is 2. The molecule has 1 atom stereocenters. The Hall–Kier alpha value is -0.0800. The van der Waals surface area contributed by atoms with Crippen LogP contribution in [-0.2, 0) is 0 Å². The summed E-state index contributed by atoms with van der Waals surface area (Å²) in [7, 11) is 0. The lowest BCUT2D eigenvalue weighted by molar-refractivity contribution is 0.171. The summed E-state index contributed by atoms with van der Waals surface area (Å²) in [6.07, 6.45) is 16.2. The molecule has 0 rings (SSSR count). The Morgan fingerprint density at radius 1 is 0.684 bits per heavy atom. The molecule has 0 amide bonds. The van der Waals surface area contributed by atoms with E-state index in [0.29, 0.717) is 0 Å². The van der Waals surface area contributed by atoms with Gasteiger partial charge in [0.05, 0.1) is 6.61 Å². The van der Waals surface area contributed by atoms with Crippen molar-refractivity contribution in [2.45, 2.75) is 103 Å². The highest BCUT2D eigenvalue weighted by Crippen LogP contribution is 2.20. The second-order valence-electron chi connectivity index (χ2n) is 6.20. The molecule has 2 nitrogen and oxygen atoms in total. The maximum atomic E-state index is 9.46. The van der Waals surface area contributed by atoms with Crippen LogP contribution in [0.15, 0.2) is 0 Å². The molecular weight excluding hydrogens is 234 g/mol. The van der Waals surface area contributed by atoms with Crippen molar-refractivity contribution in [3.05, 3.63) is 0 Å². The molecule has 0 aromatic carbocycles. The Kier molecular flexibility index (Phi) is 12.9. The van der Waals surface area contributed by atoms with E-state index < -0.39 is 0 Å². The maximum absolute atomic E-state index is 9.46. The standard InChI is InChI=1S/C17H37NO/c1-3-5-7-8-9-10-11-13-15-17(18,16-19)14-12-6-4-2/h19H,3-16,18H2,1-2H3. The van der Waals surface area contributed by atoms with Gasteiger partial charge in [-0.05, 0) is 12.8 Å². The van der Waals surface area contributed by atoms with Crippen molar-refractivity contribution >= 4 is 0 Å². The average Bonchev–Trinajstić information content (AvgIpc) is 2.42. The number of rotatable bonds is 14. The van der Waals surface area contributed by atoms with Gasteiger partial charge in [-0.3, -0.25) is 0 Å². The van der Waals surface area contributed by atoms with Crippen molar-refractivity contribution in [1.82, 2.24) is 0 Å². The topological polar surface area (TPSA) is 46.2 Å². The van der Waals surface area contributed by atoms with Gasteiger partial charge in [0.2, 0.25) is 0 Å². The highest BCUT2D eigenvalue weighted by Gasteiger charge is 2.22. The summed E-state index contributed by atoms with van der Waals surface area (Å²) in [6.45, 7) is 4.61. The number of nitrogens with two attached hydrogens (primary N) is 1. The summed E-state index contributed by atoms with van der Waals surface area (Å²) in [5, 5.41) is 9.46. The third kappa shape index (κ3) is 11.4. The first-order valence-electron chi connectivity index (χ1n) is 8.58. The van der Waals surface area contributed by atoms with Crippen LogP contribution >= 0.6 is 0 Å². The van der Waals surface area contributed by atoms with Crippen LogP contribution in [0.25, 0.3) is 0 Å². The number of unbranched alkanes of at least 4 members (excludes halogenated alkanes) is 9. The minimum absolute atomic E-state index is 0.146. The summed E-state index contributed by atoms with van der Waals surface area (Å²) in [6, 6.07) is 0. The zero-order valence-electron chi connectivity index (χ0n) is 13.4. The second-order valence-corrected chi connectivity index (χ2v) is 6.20. The molecule has 2 heteroatoms. The fraction of sp³-hybridized carbons (Fsp3) is 1.00. The summed E-state index contributed by atoms with van der Waals surface area (Å²) in [4.78, 5) is 0. The monoisotopic (exact) mass is 271 g/mol. The lowest BCUT2D eigenvalue weighted by atomic mass is 9.88. The molecule has 0 heterocycles. The molecule has 1 unspecified atom stereocenters. The first-order chi connectivity index (χ1) is 9.18. The quantitative estimate of drug-likeness (QED) is 0.446. The molecule has 0 fully saturated rings. The third-order valence-electron chi connectivity index (χ3n) is 4.12. The lowest BCUT2D eigenvalue weighted by Gasteiger charge is -2.27. The van der Waals surface area contributed by atoms with Gasteiger partial charge in [0.1, 0.15) is 0 Å². The predicted molar refractivity (Wildman–Crippen MR) is 85.4 cm³/mol. The van der Waals surface area contributed by atoms with E-state index in [0.717, 1.165) is 19.3 Å². The Balaban J connectivity index is 3.49. The molecule has 0 saturated heterocycles. The minimum Gasteiger partial charge on any atom is -0.394 e. The summed E-state index contributed by atoms with van der Waals surface area (Å²) < 4.78 is 0. The first-order valence-corrected chi connectivity index (χ1v) is 8.58. The third-order valence-corrected chi connectivity index (χ3v) is 4.12. The van der Waals surface area contributed by atoms with Crippen LogP contribution in [0.4, 0.5) is 0 Å². The van der Waals surface area contributed by atoms with Crippen LogP contribution in [0, 0.1) is 0 Å². The first kappa shape index (κ1) is 18.9. The Morgan fingerprint density at radius 3 is 1.53 bits per heavy atom. The molecule has 0 aliphatic heterocycles. The van der Waals surface area contributed by atoms with Gasteiger partial charge in [0.25, 0.3) is 0 Å². The SMILES string of the molecule is CCCCCCCCCCC(N)(CO)CCCCC. The normalized spacial score (nSPS) is 14.5. The van der Waals surface area contributed by atoms with E-state index in [2.05, 4.69) is 13.8 Å². The highest BCUT2D eigenvalue weighted by atomic mass is 16.3. The van der Waals surface area contributed by atoms with Crippen LogP contribution in [0.3, 0.4) is 0 Å². The molecule has 0 radical (unpaired) electrons. The van der Waals surface area contributed by atoms with Gasteiger partial charge in [-0.25, -0.2) is 0 Å². The van der Waals surface area contributed by atoms with Gasteiger partial charge in [-0.15, -0.1) is 0 Å². The molecule has 0 spiro atoms. The Morgan fingerprint density at radius 2 is 1.05 bits per heavy atom. The van der Waals surface area contributed by atoms with Crippen LogP contribution in [0.1, 0.15) is 97.3 Å². The summed E-state index contributed by atoms with van der Waals surface area (Å²) in [5.74, 6) is 0. The van der Waals surface area contributed by atoms with Crippen LogP contribution in [0.2, 0.25) is 0 Å². The molecule has 0 aliphatic rings. The predicted octanol–water partition coefficient (Wildman–Crippen LogP) is 4.79. The molecule has 0 saturated carbocycles. The van der Waals surface area contributed by atoms with E-state index in [1.54, 1.807) is 0 Å². The van der Waals surface area contributed by atoms with E-state index >= 15 is 0 Å². The smallest absolute Gasteiger partial charge is 0.0611 e. The lowest BCUT2D eigenvalue weighted by Crippen LogP contribution is -2.43. The highest BCUT2D eigenvalue weighted by molar-refractivity contribution is 4.82. The molecule has 19 heavy (non-hydrogen) atoms. The van der Waals surface area contributed by atoms with Gasteiger partial charge >= 0.3 is 0 Å². The number of aliphatic hydroxyl groups is 1. The Bertz CT molecular complexity index is 184. The molecule has 116 valence electrons. The van der Waals surface area contributed by atoms with Crippen molar-refractivity contribution in [3.63, 3.8) is 0 Å². The largest absolute Gasteiger partial charge is 0.394 e. The van der Waals surface area contributed by atoms with Gasteiger partial charge in [-0.1, -0.05) is 84.5 Å². The van der Waals surface area contributed by atoms with Gasteiger partial charge in [-0.2, -0.15) is 0 Å². The van der Waals surface area contributed by atoms with Crippen LogP contribution < -0.4 is 5.73 Å². The average molecular weight is 271 g/mol. The number of hydrogen-bond donors (Lipinski definition) is 2. The van der Waals surface area contributed by atoms with E-state index in [1.807, 2.05) is 0 Å². The number of aliphatic hydroxyl groups excluding tert-OH is 1. The maximum Gasteiger partial charge on any atom is 0.0611 e. The van der Waals surface area contributed by atoms with Crippen molar-refractivity contribution in [2.75, 3.05) is 6.61 Å². The fourth-order valence-corrected chi connectivity index (χ4v) is 2.62. The second kappa shape index (κ2) is 12.9. The molecular formula is C17H37NO. The van der Waals surface area contributed by atoms with E-state index in [4.69, 9.17) is 5.73 Å². The van der Waals surface area contributed by atoms with E-state index in [9.17, 15) is 5.11 Å². The molecule has 0 aliphatic carbocycles. The van der Waals surface area contributed by atoms with Crippen molar-refractivity contribution in [2.24, 2.45) is 5.73 Å². The van der Waals surface area contributed by atoms with Crippen molar-refractivity contribution < 1.29 is 5.11 Å². The van der Waals surface area contributed by atoms with E-state index in [1.165, 1.54) is 64.2 Å². The molecule has 0 aromatic rings. The summed E-state index contributed by atoms with van der Waals surface area (Å²) in [5.41, 5.74) is 5.96. The van der Waals surface area contributed by atoms with Gasteiger partial charge in [0.15, 0.2) is 0 Å². The zero-order valence-corrected chi connectivity index (χ0v) is 13.4. The molecule has 3 N–H and O–H groups in total. The van der Waals surface area contributed by atoms with Crippen molar-refractivity contribution in [1.29, 1.82) is 0 Å². The molecule has 0 aromatic heterocycles. The van der Waals surface area contributed by atoms with Gasteiger partial charge < -0.3 is 10.8 Å². The van der Waals surface area contributed by atoms with Gasteiger partial charge in [0, 0.05) is 5.54 Å².